The molecule has 0 heterocycles. The summed E-state index contributed by atoms with van der Waals surface area (Å²) in [6.07, 6.45) is 4.24. The largest absolute Gasteiger partial charge is 0.0958 e. The minimum Gasteiger partial charge on any atom is -0.0958 e. The summed E-state index contributed by atoms with van der Waals surface area (Å²) in [5, 5.41) is 0. The van der Waals surface area contributed by atoms with Crippen LogP contribution in [0.25, 0.3) is 0 Å². The van der Waals surface area contributed by atoms with E-state index in [4.69, 9.17) is 0 Å². The number of rotatable bonds is 0. The van der Waals surface area contributed by atoms with E-state index in [2.05, 4.69) is 9.24 Å². The second kappa shape index (κ2) is 1.26. The molecule has 0 bridgehead atoms. The third-order valence-electron chi connectivity index (χ3n) is 1.11. The fraction of sp³-hybridized carbons (Fsp3) is 1.00. The Morgan fingerprint density at radius 1 is 1.40 bits per heavy atom. The first kappa shape index (κ1) is 3.61. The lowest BCUT2D eigenvalue weighted by Crippen LogP contribution is -2.07. The van der Waals surface area contributed by atoms with Crippen LogP contribution in [0.15, 0.2) is 0 Å². The molecule has 0 N–H and O–H groups in total. The van der Waals surface area contributed by atoms with E-state index in [1.54, 1.807) is 0 Å². The molecule has 0 unspecified atom stereocenters. The van der Waals surface area contributed by atoms with E-state index in [0.29, 0.717) is 0 Å². The summed E-state index contributed by atoms with van der Waals surface area (Å²) in [6.45, 7) is 0. The van der Waals surface area contributed by atoms with Crippen molar-refractivity contribution in [3.8, 4) is 0 Å². The Bertz CT molecular complexity index is 30.6. The van der Waals surface area contributed by atoms with Gasteiger partial charge in [-0.3, -0.25) is 0 Å². The average molecular weight is 87.1 g/mol. The van der Waals surface area contributed by atoms with E-state index in [-0.39, 0.29) is 0 Å². The maximum atomic E-state index is 3.50. The predicted molar refractivity (Wildman–Crippen MR) is 26.0 cm³/mol. The number of hydrogen-bond donors (Lipinski definition) is 0. The highest BCUT2D eigenvalue weighted by Gasteiger charge is 2.09. The van der Waals surface area contributed by atoms with Gasteiger partial charge in [0.15, 0.2) is 0 Å². The van der Waals surface area contributed by atoms with Crippen LogP contribution >= 0.6 is 9.24 Å². The Balaban J connectivity index is 2.08. The minimum absolute atomic E-state index is 0.870. The van der Waals surface area contributed by atoms with E-state index in [9.17, 15) is 0 Å². The first-order chi connectivity index (χ1) is 2.39. The molecular weight excluding hydrogens is 79.0 g/mol. The van der Waals surface area contributed by atoms with Gasteiger partial charge in [-0.05, 0) is 18.5 Å². The topological polar surface area (TPSA) is 0 Å². The highest BCUT2D eigenvalue weighted by Crippen LogP contribution is 2.25. The molecule has 1 rings (SSSR count). The van der Waals surface area contributed by atoms with Crippen LogP contribution in [0, 0.1) is 0 Å². The first-order valence-corrected chi connectivity index (χ1v) is 2.68. The normalized spacial score (nSPS) is 25.8. The van der Waals surface area contributed by atoms with E-state index in [1.807, 2.05) is 0 Å². The van der Waals surface area contributed by atoms with Gasteiger partial charge in [0.1, 0.15) is 0 Å². The Morgan fingerprint density at radius 3 is 1.80 bits per heavy atom. The van der Waals surface area contributed by atoms with Crippen LogP contribution in [-0.4, -0.2) is 5.66 Å². The summed E-state index contributed by atoms with van der Waals surface area (Å²) in [5.41, 5.74) is 0.870. The van der Waals surface area contributed by atoms with Crippen molar-refractivity contribution in [2.24, 2.45) is 0 Å². The van der Waals surface area contributed by atoms with Crippen LogP contribution in [0.5, 0.6) is 0 Å². The maximum Gasteiger partial charge on any atom is -0.0200 e. The Labute approximate surface area is 35.2 Å². The Morgan fingerprint density at radius 2 is 1.80 bits per heavy atom. The lowest BCUT2D eigenvalue weighted by atomic mass is 10.00. The smallest absolute Gasteiger partial charge is 0.0200 e. The highest BCUT2D eigenvalue weighted by atomic mass is 31.0. The van der Waals surface area contributed by atoms with Crippen molar-refractivity contribution in [1.29, 1.82) is 0 Å². The molecule has 1 aliphatic carbocycles. The van der Waals surface area contributed by atoms with E-state index in [1.165, 1.54) is 19.3 Å². The van der Waals surface area contributed by atoms with Crippen LogP contribution in [0.1, 0.15) is 19.3 Å². The zero-order valence-electron chi connectivity index (χ0n) is 3.20. The average Bonchev–Trinajstić information content (AvgIpc) is 1.30. The number of hydrogen-bond acceptors (Lipinski definition) is 0. The third kappa shape index (κ3) is 0.633. The second-order valence-corrected chi connectivity index (χ2v) is 2.44. The zero-order valence-corrected chi connectivity index (χ0v) is 4.20. The van der Waals surface area contributed by atoms with E-state index >= 15 is 0 Å². The SMILES string of the molecule is [PH]C1CCC1. The Hall–Kier alpha value is 0.430. The fourth-order valence-electron chi connectivity index (χ4n) is 0.408. The van der Waals surface area contributed by atoms with Gasteiger partial charge in [-0.2, -0.15) is 0 Å². The molecule has 0 aromatic carbocycles. The quantitative estimate of drug-likeness (QED) is 0.394. The molecule has 29 valence electrons. The van der Waals surface area contributed by atoms with Crippen molar-refractivity contribution in [2.45, 2.75) is 24.9 Å². The van der Waals surface area contributed by atoms with Gasteiger partial charge in [0.2, 0.25) is 0 Å². The summed E-state index contributed by atoms with van der Waals surface area (Å²) in [7, 11) is 3.50. The molecule has 0 nitrogen and oxygen atoms in total. The van der Waals surface area contributed by atoms with Gasteiger partial charge in [-0.15, -0.1) is 0 Å². The van der Waals surface area contributed by atoms with Gasteiger partial charge in [-0.25, -0.2) is 0 Å². The Kier molecular flexibility index (Phi) is 0.911. The molecule has 0 spiro atoms. The van der Waals surface area contributed by atoms with Gasteiger partial charge in [0.05, 0.1) is 0 Å². The van der Waals surface area contributed by atoms with Crippen molar-refractivity contribution in [2.75, 3.05) is 0 Å². The standard InChI is InChI=1S/C4H8P/c5-4-2-1-3-4/h4-5H,1-3H2. The van der Waals surface area contributed by atoms with Crippen LogP contribution in [-0.2, 0) is 0 Å². The van der Waals surface area contributed by atoms with Crippen molar-refractivity contribution in [3.63, 3.8) is 0 Å². The first-order valence-electron chi connectivity index (χ1n) is 2.11. The molecule has 5 heavy (non-hydrogen) atoms. The van der Waals surface area contributed by atoms with Crippen LogP contribution in [0.4, 0.5) is 0 Å². The predicted octanol–water partition coefficient (Wildman–Crippen LogP) is 1.68. The molecule has 0 saturated heterocycles. The molecule has 0 aromatic heterocycles. The summed E-state index contributed by atoms with van der Waals surface area (Å²) in [5.74, 6) is 0. The van der Waals surface area contributed by atoms with Gasteiger partial charge in [-0.1, -0.05) is 15.7 Å². The van der Waals surface area contributed by atoms with Crippen molar-refractivity contribution >= 4 is 9.24 Å². The molecule has 0 aromatic rings. The van der Waals surface area contributed by atoms with Crippen LogP contribution in [0.3, 0.4) is 0 Å². The van der Waals surface area contributed by atoms with Gasteiger partial charge >= 0.3 is 0 Å². The van der Waals surface area contributed by atoms with E-state index < -0.39 is 0 Å². The molecule has 1 heteroatoms. The molecule has 0 aliphatic heterocycles. The van der Waals surface area contributed by atoms with Crippen molar-refractivity contribution < 1.29 is 0 Å². The zero-order chi connectivity index (χ0) is 3.70. The van der Waals surface area contributed by atoms with Gasteiger partial charge in [0, 0.05) is 0 Å². The summed E-state index contributed by atoms with van der Waals surface area (Å²) >= 11 is 0. The van der Waals surface area contributed by atoms with Crippen molar-refractivity contribution in [1.82, 2.24) is 0 Å². The molecule has 1 aliphatic rings. The van der Waals surface area contributed by atoms with Crippen molar-refractivity contribution in [3.05, 3.63) is 0 Å². The lowest BCUT2D eigenvalue weighted by Gasteiger charge is -2.18. The van der Waals surface area contributed by atoms with Gasteiger partial charge in [0.25, 0.3) is 0 Å². The minimum atomic E-state index is 0.870. The van der Waals surface area contributed by atoms with E-state index in [0.717, 1.165) is 5.66 Å². The molecular formula is C4H8P. The second-order valence-electron chi connectivity index (χ2n) is 1.63. The lowest BCUT2D eigenvalue weighted by molar-refractivity contribution is 0.522. The highest BCUT2D eigenvalue weighted by molar-refractivity contribution is 7.17. The van der Waals surface area contributed by atoms with Crippen LogP contribution in [0.2, 0.25) is 0 Å². The van der Waals surface area contributed by atoms with Gasteiger partial charge < -0.3 is 0 Å². The monoisotopic (exact) mass is 87.0 g/mol. The maximum absolute atomic E-state index is 3.50. The molecule has 1 fully saturated rings. The fourth-order valence-corrected chi connectivity index (χ4v) is 0.816. The van der Waals surface area contributed by atoms with Crippen LogP contribution < -0.4 is 0 Å². The summed E-state index contributed by atoms with van der Waals surface area (Å²) in [4.78, 5) is 0. The molecule has 1 radical (unpaired) electrons. The third-order valence-corrected chi connectivity index (χ3v) is 1.68. The molecule has 1 saturated carbocycles. The summed E-state index contributed by atoms with van der Waals surface area (Å²) in [6, 6.07) is 0. The summed E-state index contributed by atoms with van der Waals surface area (Å²) < 4.78 is 0. The molecule has 0 amide bonds. The molecule has 0 atom stereocenters.